The third kappa shape index (κ3) is 2.75. The molecule has 0 unspecified atom stereocenters. The molecule has 18 heavy (non-hydrogen) atoms. The van der Waals surface area contributed by atoms with E-state index < -0.39 is 0 Å². The van der Waals surface area contributed by atoms with Gasteiger partial charge in [-0.2, -0.15) is 0 Å². The summed E-state index contributed by atoms with van der Waals surface area (Å²) in [6, 6.07) is 7.29. The molecule has 0 radical (unpaired) electrons. The lowest BCUT2D eigenvalue weighted by molar-refractivity contribution is 1.15. The van der Waals surface area contributed by atoms with E-state index in [0.717, 1.165) is 11.3 Å². The molecule has 2 rings (SSSR count). The molecular formula is C12H11ClN4S. The summed E-state index contributed by atoms with van der Waals surface area (Å²) in [7, 11) is 0. The molecule has 0 bridgehead atoms. The minimum atomic E-state index is 0.233. The smallest absolute Gasteiger partial charge is 0.227 e. The van der Waals surface area contributed by atoms with Crippen molar-refractivity contribution in [3.63, 3.8) is 0 Å². The molecule has 0 fully saturated rings. The van der Waals surface area contributed by atoms with Crippen LogP contribution in [-0.2, 0) is 0 Å². The number of hydrogen-bond acceptors (Lipinski definition) is 4. The molecule has 6 heteroatoms. The van der Waals surface area contributed by atoms with Crippen LogP contribution in [0, 0.1) is 6.92 Å². The monoisotopic (exact) mass is 278 g/mol. The summed E-state index contributed by atoms with van der Waals surface area (Å²) in [5, 5.41) is 3.68. The fraction of sp³-hybridized carbons (Fsp3) is 0.0833. The number of nitrogens with two attached hydrogens (primary N) is 1. The van der Waals surface area contributed by atoms with E-state index in [9.17, 15) is 0 Å². The summed E-state index contributed by atoms with van der Waals surface area (Å²) in [6.45, 7) is 1.95. The molecule has 0 aliphatic heterocycles. The number of nitrogens with one attached hydrogen (secondary N) is 1. The Morgan fingerprint density at radius 3 is 2.83 bits per heavy atom. The van der Waals surface area contributed by atoms with Crippen LogP contribution < -0.4 is 11.1 Å². The maximum Gasteiger partial charge on any atom is 0.227 e. The molecule has 0 amide bonds. The van der Waals surface area contributed by atoms with Gasteiger partial charge in [0.2, 0.25) is 5.95 Å². The average molecular weight is 279 g/mol. The van der Waals surface area contributed by atoms with Gasteiger partial charge in [0, 0.05) is 6.20 Å². The van der Waals surface area contributed by atoms with Crippen LogP contribution in [0.4, 0.5) is 11.6 Å². The first-order valence-corrected chi connectivity index (χ1v) is 6.01. The maximum absolute atomic E-state index is 6.11. The second-order valence-corrected chi connectivity index (χ2v) is 4.53. The number of nitrogens with zero attached hydrogens (tertiary/aromatic N) is 2. The summed E-state index contributed by atoms with van der Waals surface area (Å²) in [5.74, 6) is 0.413. The normalized spacial score (nSPS) is 10.1. The van der Waals surface area contributed by atoms with Crippen molar-refractivity contribution < 1.29 is 0 Å². The summed E-state index contributed by atoms with van der Waals surface area (Å²) in [6.07, 6.45) is 1.59. The Morgan fingerprint density at radius 1 is 1.39 bits per heavy atom. The quantitative estimate of drug-likeness (QED) is 0.845. The van der Waals surface area contributed by atoms with Crippen molar-refractivity contribution in [1.82, 2.24) is 9.97 Å². The molecule has 0 aliphatic carbocycles. The zero-order chi connectivity index (χ0) is 13.1. The lowest BCUT2D eigenvalue weighted by Gasteiger charge is -2.10. The number of rotatable bonds is 3. The zero-order valence-electron chi connectivity index (χ0n) is 9.64. The van der Waals surface area contributed by atoms with Crippen LogP contribution in [0.5, 0.6) is 0 Å². The molecule has 3 N–H and O–H groups in total. The van der Waals surface area contributed by atoms with Crippen molar-refractivity contribution in [1.29, 1.82) is 0 Å². The maximum atomic E-state index is 6.11. The van der Waals surface area contributed by atoms with E-state index in [1.807, 2.05) is 19.1 Å². The Kier molecular flexibility index (Phi) is 3.74. The molecule has 0 aliphatic rings. The molecule has 1 aromatic heterocycles. The SMILES string of the molecule is Cc1cccc(Cl)c1Nc1nccc(C(N)=S)n1. The van der Waals surface area contributed by atoms with Gasteiger partial charge in [0.05, 0.1) is 10.7 Å². The van der Waals surface area contributed by atoms with Crippen LogP contribution in [0.25, 0.3) is 0 Å². The van der Waals surface area contributed by atoms with Crippen molar-refractivity contribution >= 4 is 40.4 Å². The number of aromatic nitrogens is 2. The van der Waals surface area contributed by atoms with Crippen molar-refractivity contribution in [2.75, 3.05) is 5.32 Å². The van der Waals surface area contributed by atoms with Crippen LogP contribution in [0.1, 0.15) is 11.3 Å². The Bertz CT molecular complexity index is 580. The standard InChI is InChI=1S/C12H11ClN4S/c1-7-3-2-4-8(13)10(7)17-12-15-6-5-9(16-12)11(14)18/h2-6H,1H3,(H2,14,18)(H,15,16,17). The first kappa shape index (κ1) is 12.7. The second kappa shape index (κ2) is 5.29. The van der Waals surface area contributed by atoms with E-state index in [0.29, 0.717) is 16.7 Å². The van der Waals surface area contributed by atoms with E-state index in [-0.39, 0.29) is 4.99 Å². The largest absolute Gasteiger partial charge is 0.388 e. The van der Waals surface area contributed by atoms with Crippen molar-refractivity contribution in [2.24, 2.45) is 5.73 Å². The molecule has 1 aromatic carbocycles. The predicted octanol–water partition coefficient (Wildman–Crippen LogP) is 2.82. The van der Waals surface area contributed by atoms with E-state index in [1.165, 1.54) is 0 Å². The number of para-hydroxylation sites is 1. The van der Waals surface area contributed by atoms with Gasteiger partial charge in [-0.3, -0.25) is 0 Å². The highest BCUT2D eigenvalue weighted by Gasteiger charge is 2.07. The molecule has 0 saturated heterocycles. The highest BCUT2D eigenvalue weighted by Crippen LogP contribution is 2.27. The summed E-state index contributed by atoms with van der Waals surface area (Å²) < 4.78 is 0. The Hall–Kier alpha value is -1.72. The molecule has 1 heterocycles. The molecule has 0 spiro atoms. The van der Waals surface area contributed by atoms with E-state index in [2.05, 4.69) is 15.3 Å². The third-order valence-electron chi connectivity index (χ3n) is 2.37. The van der Waals surface area contributed by atoms with E-state index >= 15 is 0 Å². The van der Waals surface area contributed by atoms with Gasteiger partial charge in [-0.15, -0.1) is 0 Å². The van der Waals surface area contributed by atoms with Gasteiger partial charge in [-0.25, -0.2) is 9.97 Å². The number of halogens is 1. The Morgan fingerprint density at radius 2 is 2.17 bits per heavy atom. The minimum Gasteiger partial charge on any atom is -0.388 e. The van der Waals surface area contributed by atoms with E-state index in [4.69, 9.17) is 29.6 Å². The molecule has 4 nitrogen and oxygen atoms in total. The van der Waals surface area contributed by atoms with Gasteiger partial charge in [-0.1, -0.05) is 36.0 Å². The zero-order valence-corrected chi connectivity index (χ0v) is 11.2. The fourth-order valence-electron chi connectivity index (χ4n) is 1.46. The molecule has 92 valence electrons. The van der Waals surface area contributed by atoms with E-state index in [1.54, 1.807) is 18.3 Å². The number of aryl methyl sites for hydroxylation is 1. The summed E-state index contributed by atoms with van der Waals surface area (Å²) >= 11 is 11.0. The van der Waals surface area contributed by atoms with Gasteiger partial charge in [0.1, 0.15) is 10.7 Å². The highest BCUT2D eigenvalue weighted by molar-refractivity contribution is 7.80. The number of anilines is 2. The fourth-order valence-corrected chi connectivity index (χ4v) is 1.84. The summed E-state index contributed by atoms with van der Waals surface area (Å²) in [5.41, 5.74) is 7.83. The third-order valence-corrected chi connectivity index (χ3v) is 2.89. The van der Waals surface area contributed by atoms with Gasteiger partial charge >= 0.3 is 0 Å². The van der Waals surface area contributed by atoms with Crippen LogP contribution in [0.15, 0.2) is 30.5 Å². The number of hydrogen-bond donors (Lipinski definition) is 2. The van der Waals surface area contributed by atoms with Crippen LogP contribution in [0.2, 0.25) is 5.02 Å². The average Bonchev–Trinajstić information content (AvgIpc) is 2.34. The van der Waals surface area contributed by atoms with Crippen molar-refractivity contribution in [2.45, 2.75) is 6.92 Å². The van der Waals surface area contributed by atoms with Gasteiger partial charge < -0.3 is 11.1 Å². The molecule has 0 saturated carbocycles. The van der Waals surface area contributed by atoms with Crippen LogP contribution >= 0.6 is 23.8 Å². The van der Waals surface area contributed by atoms with Crippen molar-refractivity contribution in [3.8, 4) is 0 Å². The molecular weight excluding hydrogens is 268 g/mol. The first-order chi connectivity index (χ1) is 8.58. The van der Waals surface area contributed by atoms with Crippen molar-refractivity contribution in [3.05, 3.63) is 46.7 Å². The lowest BCUT2D eigenvalue weighted by Crippen LogP contribution is -2.13. The van der Waals surface area contributed by atoms with Crippen LogP contribution in [0.3, 0.4) is 0 Å². The summed E-state index contributed by atoms with van der Waals surface area (Å²) in [4.78, 5) is 8.54. The Balaban J connectivity index is 2.34. The van der Waals surface area contributed by atoms with Crippen LogP contribution in [-0.4, -0.2) is 15.0 Å². The molecule has 0 atom stereocenters. The minimum absolute atomic E-state index is 0.233. The second-order valence-electron chi connectivity index (χ2n) is 3.69. The highest BCUT2D eigenvalue weighted by atomic mass is 35.5. The molecule has 2 aromatic rings. The topological polar surface area (TPSA) is 63.8 Å². The van der Waals surface area contributed by atoms with Gasteiger partial charge in [-0.05, 0) is 24.6 Å². The number of thiocarbonyl (C=S) groups is 1. The first-order valence-electron chi connectivity index (χ1n) is 5.23. The predicted molar refractivity (Wildman–Crippen MR) is 77.4 cm³/mol. The van der Waals surface area contributed by atoms with Gasteiger partial charge in [0.15, 0.2) is 0 Å². The number of benzene rings is 1. The van der Waals surface area contributed by atoms with Gasteiger partial charge in [0.25, 0.3) is 0 Å². The Labute approximate surface area is 115 Å². The lowest BCUT2D eigenvalue weighted by atomic mass is 10.2.